The first-order valence-electron chi connectivity index (χ1n) is 35.5. The van der Waals surface area contributed by atoms with Gasteiger partial charge in [-0.1, -0.05) is 267 Å². The highest BCUT2D eigenvalue weighted by Gasteiger charge is 2.39. The SMILES string of the molecule is C.CC1(C)c2ccccc2-c2ccc(N(c3ccc4c(c3)C(C)(C)c3ccccc3-4)c3ccc4c(c3)c3ccccc3n4-c3ccccc3)cc21.CC1(C)c2ccccc2-c2ccc(N(c3ccccc3)c3ccc(-c4ccc5c(c4)c4ccccc4n5-c4ccccc4)c4ccccc34)cc21. The average molecular weight is 1310 g/mol. The van der Waals surface area contributed by atoms with Gasteiger partial charge in [0.25, 0.3) is 0 Å². The van der Waals surface area contributed by atoms with Gasteiger partial charge in [0.15, 0.2) is 0 Å². The topological polar surface area (TPSA) is 16.3 Å². The molecular weight excluding hydrogens is 1230 g/mol. The van der Waals surface area contributed by atoms with Gasteiger partial charge in [0, 0.05) is 83.0 Å². The minimum atomic E-state index is -0.0950. The van der Waals surface area contributed by atoms with Gasteiger partial charge in [0.1, 0.15) is 0 Å². The number of nitrogens with zero attached hydrogens (tertiary/aromatic N) is 4. The van der Waals surface area contributed by atoms with Gasteiger partial charge in [-0.25, -0.2) is 0 Å². The molecule has 20 rings (SSSR count). The lowest BCUT2D eigenvalue weighted by atomic mass is 9.82. The summed E-state index contributed by atoms with van der Waals surface area (Å²) in [7, 11) is 0. The Morgan fingerprint density at radius 1 is 0.216 bits per heavy atom. The van der Waals surface area contributed by atoms with Crippen molar-refractivity contribution in [2.24, 2.45) is 0 Å². The fourth-order valence-corrected chi connectivity index (χ4v) is 17.6. The van der Waals surface area contributed by atoms with E-state index in [0.717, 1.165) is 22.7 Å². The molecule has 3 aliphatic carbocycles. The molecule has 0 radical (unpaired) electrons. The summed E-state index contributed by atoms with van der Waals surface area (Å²) in [5, 5.41) is 7.47. The molecule has 0 unspecified atom stereocenters. The second-order valence-electron chi connectivity index (χ2n) is 29.2. The van der Waals surface area contributed by atoms with Crippen LogP contribution >= 0.6 is 0 Å². The molecule has 490 valence electrons. The largest absolute Gasteiger partial charge is 0.310 e. The Balaban J connectivity index is 0.000000145. The number of benzene rings is 15. The second-order valence-corrected chi connectivity index (χ2v) is 29.2. The van der Waals surface area contributed by atoms with Crippen LogP contribution in [0.2, 0.25) is 0 Å². The number of rotatable bonds is 9. The highest BCUT2D eigenvalue weighted by atomic mass is 15.2. The van der Waals surface area contributed by atoms with E-state index >= 15 is 0 Å². The average Bonchev–Trinajstić information content (AvgIpc) is 1.49. The molecule has 102 heavy (non-hydrogen) atoms. The first-order chi connectivity index (χ1) is 49.4. The molecule has 0 N–H and O–H groups in total. The van der Waals surface area contributed by atoms with Crippen LogP contribution in [-0.2, 0) is 16.2 Å². The van der Waals surface area contributed by atoms with Crippen LogP contribution in [0.25, 0.3) is 110 Å². The van der Waals surface area contributed by atoms with Crippen molar-refractivity contribution in [2.45, 2.75) is 65.2 Å². The maximum Gasteiger partial charge on any atom is 0.0542 e. The van der Waals surface area contributed by atoms with E-state index in [0.29, 0.717) is 0 Å². The highest BCUT2D eigenvalue weighted by molar-refractivity contribution is 6.14. The molecule has 4 heteroatoms. The van der Waals surface area contributed by atoms with Crippen molar-refractivity contribution in [1.29, 1.82) is 0 Å². The third-order valence-corrected chi connectivity index (χ3v) is 22.6. The summed E-state index contributed by atoms with van der Waals surface area (Å²) in [5.41, 5.74) is 32.6. The first kappa shape index (κ1) is 62.0. The molecule has 0 atom stereocenters. The summed E-state index contributed by atoms with van der Waals surface area (Å²) in [6.45, 7) is 14.2. The first-order valence-corrected chi connectivity index (χ1v) is 35.5. The fourth-order valence-electron chi connectivity index (χ4n) is 17.6. The monoisotopic (exact) mass is 1310 g/mol. The molecular formula is C98H78N4. The van der Waals surface area contributed by atoms with Crippen molar-refractivity contribution in [1.82, 2.24) is 9.13 Å². The molecule has 0 saturated carbocycles. The summed E-state index contributed by atoms with van der Waals surface area (Å²) in [4.78, 5) is 4.91. The van der Waals surface area contributed by atoms with E-state index < -0.39 is 0 Å². The molecule has 0 fully saturated rings. The molecule has 2 aromatic heterocycles. The predicted octanol–water partition coefficient (Wildman–Crippen LogP) is 26.9. The zero-order valence-corrected chi connectivity index (χ0v) is 57.6. The molecule has 2 heterocycles. The van der Waals surface area contributed by atoms with Crippen molar-refractivity contribution < 1.29 is 0 Å². The molecule has 0 spiro atoms. The lowest BCUT2D eigenvalue weighted by Crippen LogP contribution is -2.18. The molecule has 4 nitrogen and oxygen atoms in total. The van der Waals surface area contributed by atoms with Gasteiger partial charge in [-0.2, -0.15) is 0 Å². The lowest BCUT2D eigenvalue weighted by molar-refractivity contribution is 0.660. The van der Waals surface area contributed by atoms with E-state index in [4.69, 9.17) is 0 Å². The van der Waals surface area contributed by atoms with Crippen LogP contribution in [0, 0.1) is 0 Å². The number of hydrogen-bond acceptors (Lipinski definition) is 2. The molecule has 15 aromatic carbocycles. The molecule has 0 bridgehead atoms. The predicted molar refractivity (Wildman–Crippen MR) is 433 cm³/mol. The third-order valence-electron chi connectivity index (χ3n) is 22.6. The Labute approximate surface area is 597 Å². The Bertz CT molecular complexity index is 6080. The summed E-state index contributed by atoms with van der Waals surface area (Å²) >= 11 is 0. The van der Waals surface area contributed by atoms with Gasteiger partial charge in [-0.05, 0) is 205 Å². The number of aromatic nitrogens is 2. The number of hydrogen-bond donors (Lipinski definition) is 0. The van der Waals surface area contributed by atoms with E-state index in [1.54, 1.807) is 0 Å². The van der Waals surface area contributed by atoms with Crippen LogP contribution in [0.15, 0.2) is 340 Å². The normalized spacial score (nSPS) is 13.7. The molecule has 17 aromatic rings. The molecule has 0 aliphatic heterocycles. The molecule has 3 aliphatic rings. The third kappa shape index (κ3) is 9.50. The Hall–Kier alpha value is -12.2. The quantitative estimate of drug-likeness (QED) is 0.143. The Morgan fingerprint density at radius 3 is 1.03 bits per heavy atom. The summed E-state index contributed by atoms with van der Waals surface area (Å²) < 4.78 is 4.77. The summed E-state index contributed by atoms with van der Waals surface area (Å²) in [6.07, 6.45) is 0. The Morgan fingerprint density at radius 2 is 0.549 bits per heavy atom. The maximum atomic E-state index is 2.48. The van der Waals surface area contributed by atoms with Gasteiger partial charge in [0.2, 0.25) is 0 Å². The van der Waals surface area contributed by atoms with Crippen LogP contribution in [0.4, 0.5) is 34.1 Å². The minimum Gasteiger partial charge on any atom is -0.310 e. The number of para-hydroxylation sites is 5. The smallest absolute Gasteiger partial charge is 0.0542 e. The highest BCUT2D eigenvalue weighted by Crippen LogP contribution is 2.55. The van der Waals surface area contributed by atoms with Crippen LogP contribution in [0.5, 0.6) is 0 Å². The van der Waals surface area contributed by atoms with Gasteiger partial charge in [-0.15, -0.1) is 0 Å². The van der Waals surface area contributed by atoms with Crippen molar-refractivity contribution in [3.05, 3.63) is 373 Å². The maximum absolute atomic E-state index is 2.48. The zero-order chi connectivity index (χ0) is 67.9. The van der Waals surface area contributed by atoms with Crippen molar-refractivity contribution >= 4 is 88.5 Å². The number of fused-ring (bicyclic) bond motifs is 16. The van der Waals surface area contributed by atoms with E-state index in [-0.39, 0.29) is 23.7 Å². The molecule has 0 amide bonds. The summed E-state index contributed by atoms with van der Waals surface area (Å²) in [6, 6.07) is 125. The van der Waals surface area contributed by atoms with E-state index in [1.807, 2.05) is 0 Å². The molecule has 0 saturated heterocycles. The van der Waals surface area contributed by atoms with Gasteiger partial charge < -0.3 is 18.9 Å². The zero-order valence-electron chi connectivity index (χ0n) is 57.6. The lowest BCUT2D eigenvalue weighted by Gasteiger charge is -2.30. The van der Waals surface area contributed by atoms with Crippen LogP contribution in [0.3, 0.4) is 0 Å². The Kier molecular flexibility index (Phi) is 14.4. The van der Waals surface area contributed by atoms with Crippen LogP contribution < -0.4 is 9.80 Å². The van der Waals surface area contributed by atoms with Crippen molar-refractivity contribution in [3.63, 3.8) is 0 Å². The fraction of sp³-hybridized carbons (Fsp3) is 0.102. The van der Waals surface area contributed by atoms with Crippen LogP contribution in [-0.4, -0.2) is 9.13 Å². The van der Waals surface area contributed by atoms with Crippen molar-refractivity contribution in [2.75, 3.05) is 9.80 Å². The minimum absolute atomic E-state index is 0. The standard InChI is InChI=1S/C49H36N2.C48H38N2.CH4/c1-49(2)44-23-13-11-20-39(44)40-27-26-36(32-45(40)49)50(34-15-5-3-6-16-34)47-30-28-37(38-19-9-10-21-41(38)47)33-25-29-48-43(31-33)42-22-12-14-24-46(42)51(48)35-17-7-4-8-18-35;1-47(2)41-19-11-8-16-35(41)37-25-22-33(29-43(37)47)49(34-23-26-38-36-17-9-12-20-42(36)48(3,4)44(38)30-34)32-24-27-46-40(28-32)39-18-10-13-21-45(39)50(46)31-14-6-5-7-15-31;/h3-32H,1-2H3;5-30H,1-4H3;1H4. The summed E-state index contributed by atoms with van der Waals surface area (Å²) in [5.74, 6) is 0. The van der Waals surface area contributed by atoms with E-state index in [1.165, 1.54) is 155 Å². The van der Waals surface area contributed by atoms with E-state index in [9.17, 15) is 0 Å². The van der Waals surface area contributed by atoms with Gasteiger partial charge in [0.05, 0.1) is 27.8 Å². The van der Waals surface area contributed by atoms with Crippen molar-refractivity contribution in [3.8, 4) is 55.9 Å². The van der Waals surface area contributed by atoms with Crippen LogP contribution in [0.1, 0.15) is 82.3 Å². The van der Waals surface area contributed by atoms with Gasteiger partial charge >= 0.3 is 0 Å². The second kappa shape index (κ2) is 23.7. The van der Waals surface area contributed by atoms with E-state index in [2.05, 4.69) is 400 Å². The van der Waals surface area contributed by atoms with Gasteiger partial charge in [-0.3, -0.25) is 0 Å². The number of anilines is 6.